The first kappa shape index (κ1) is 23.9. The molecule has 184 valence electrons. The molecule has 5 rings (SSSR count). The van der Waals surface area contributed by atoms with E-state index in [1.807, 2.05) is 68.4 Å². The molecule has 0 radical (unpaired) electrons. The van der Waals surface area contributed by atoms with Crippen molar-refractivity contribution in [3.63, 3.8) is 0 Å². The van der Waals surface area contributed by atoms with Gasteiger partial charge in [0.1, 0.15) is 17.9 Å². The van der Waals surface area contributed by atoms with Crippen LogP contribution in [-0.2, 0) is 29.1 Å². The Morgan fingerprint density at radius 2 is 1.86 bits per heavy atom. The molecule has 6 nitrogen and oxygen atoms in total. The number of rotatable bonds is 8. The standard InChI is InChI=1S/C29H27ClN2O4/c1-29(2,28(33)34-3)16-23-14-20-15-24(36-18-22-8-11-27-25(31-22)12-13-35-27)9-10-26(20)32(23)17-19-4-6-21(30)7-5-19/h4-15H,16-18H2,1-3H3. The van der Waals surface area contributed by atoms with Crippen LogP contribution in [0.15, 0.2) is 77.4 Å². The maximum absolute atomic E-state index is 12.4. The van der Waals surface area contributed by atoms with Crippen LogP contribution in [0.1, 0.15) is 30.8 Å². The molecule has 0 aliphatic heterocycles. The number of aromatic nitrogens is 2. The van der Waals surface area contributed by atoms with Gasteiger partial charge in [0, 0.05) is 40.7 Å². The van der Waals surface area contributed by atoms with Crippen molar-refractivity contribution in [2.75, 3.05) is 7.11 Å². The van der Waals surface area contributed by atoms with E-state index in [2.05, 4.69) is 21.7 Å². The largest absolute Gasteiger partial charge is 0.487 e. The number of esters is 1. The van der Waals surface area contributed by atoms with Crippen molar-refractivity contribution in [1.82, 2.24) is 9.55 Å². The fraction of sp³-hybridized carbons (Fsp3) is 0.241. The van der Waals surface area contributed by atoms with Gasteiger partial charge in [-0.2, -0.15) is 0 Å². The first-order chi connectivity index (χ1) is 17.3. The van der Waals surface area contributed by atoms with Crippen molar-refractivity contribution in [3.8, 4) is 5.75 Å². The molecule has 0 atom stereocenters. The highest BCUT2D eigenvalue weighted by Gasteiger charge is 2.30. The Hall–Kier alpha value is -3.77. The summed E-state index contributed by atoms with van der Waals surface area (Å²) in [6.45, 7) is 4.81. The summed E-state index contributed by atoms with van der Waals surface area (Å²) in [4.78, 5) is 17.0. The third kappa shape index (κ3) is 4.95. The first-order valence-electron chi connectivity index (χ1n) is 11.7. The normalized spacial score (nSPS) is 11.8. The molecular formula is C29H27ClN2O4. The van der Waals surface area contributed by atoms with Crippen LogP contribution in [0.5, 0.6) is 5.75 Å². The Labute approximate surface area is 214 Å². The molecular weight excluding hydrogens is 476 g/mol. The highest BCUT2D eigenvalue weighted by molar-refractivity contribution is 6.30. The summed E-state index contributed by atoms with van der Waals surface area (Å²) in [5, 5.41) is 1.74. The van der Waals surface area contributed by atoms with Crippen LogP contribution in [0.3, 0.4) is 0 Å². The first-order valence-corrected chi connectivity index (χ1v) is 12.1. The summed E-state index contributed by atoms with van der Waals surface area (Å²) in [6, 6.07) is 21.6. The summed E-state index contributed by atoms with van der Waals surface area (Å²) in [7, 11) is 1.43. The Balaban J connectivity index is 1.45. The van der Waals surface area contributed by atoms with E-state index in [4.69, 9.17) is 25.5 Å². The van der Waals surface area contributed by atoms with Crippen LogP contribution < -0.4 is 4.74 Å². The van der Waals surface area contributed by atoms with Gasteiger partial charge in [0.25, 0.3) is 0 Å². The molecule has 2 aromatic carbocycles. The van der Waals surface area contributed by atoms with E-state index in [1.54, 1.807) is 6.26 Å². The third-order valence-corrected chi connectivity index (χ3v) is 6.58. The average molecular weight is 503 g/mol. The number of halogens is 1. The molecule has 0 unspecified atom stereocenters. The van der Waals surface area contributed by atoms with Gasteiger partial charge in [-0.25, -0.2) is 4.98 Å². The zero-order valence-electron chi connectivity index (χ0n) is 20.5. The summed E-state index contributed by atoms with van der Waals surface area (Å²) in [5.41, 5.74) is 4.94. The summed E-state index contributed by atoms with van der Waals surface area (Å²) >= 11 is 6.09. The number of fused-ring (bicyclic) bond motifs is 2. The van der Waals surface area contributed by atoms with Gasteiger partial charge in [0.05, 0.1) is 24.5 Å². The van der Waals surface area contributed by atoms with Gasteiger partial charge in [-0.3, -0.25) is 4.79 Å². The van der Waals surface area contributed by atoms with Crippen molar-refractivity contribution in [2.45, 2.75) is 33.4 Å². The van der Waals surface area contributed by atoms with E-state index < -0.39 is 5.41 Å². The van der Waals surface area contributed by atoms with Crippen molar-refractivity contribution < 1.29 is 18.7 Å². The molecule has 0 amide bonds. The minimum absolute atomic E-state index is 0.239. The smallest absolute Gasteiger partial charge is 0.311 e. The zero-order valence-corrected chi connectivity index (χ0v) is 21.2. The van der Waals surface area contributed by atoms with Crippen molar-refractivity contribution >= 4 is 39.6 Å². The average Bonchev–Trinajstić information content (AvgIpc) is 3.47. The minimum Gasteiger partial charge on any atom is -0.487 e. The Morgan fingerprint density at radius 3 is 2.64 bits per heavy atom. The van der Waals surface area contributed by atoms with Gasteiger partial charge in [0.15, 0.2) is 5.58 Å². The molecule has 5 aromatic rings. The number of nitrogens with zero attached hydrogens (tertiary/aromatic N) is 2. The highest BCUT2D eigenvalue weighted by atomic mass is 35.5. The molecule has 7 heteroatoms. The molecule has 0 spiro atoms. The Morgan fingerprint density at radius 1 is 1.06 bits per heavy atom. The molecule has 0 saturated heterocycles. The lowest BCUT2D eigenvalue weighted by Gasteiger charge is -2.22. The second-order valence-corrected chi connectivity index (χ2v) is 9.95. The quantitative estimate of drug-likeness (QED) is 0.218. The van der Waals surface area contributed by atoms with Crippen LogP contribution >= 0.6 is 11.6 Å². The van der Waals surface area contributed by atoms with E-state index in [9.17, 15) is 4.79 Å². The van der Waals surface area contributed by atoms with E-state index >= 15 is 0 Å². The number of carbonyl (C=O) groups excluding carboxylic acids is 1. The number of pyridine rings is 1. The number of carbonyl (C=O) groups is 1. The maximum atomic E-state index is 12.4. The molecule has 0 aliphatic carbocycles. The Bertz CT molecular complexity index is 1530. The maximum Gasteiger partial charge on any atom is 0.311 e. The van der Waals surface area contributed by atoms with Crippen molar-refractivity contribution in [1.29, 1.82) is 0 Å². The monoisotopic (exact) mass is 502 g/mol. The summed E-state index contributed by atoms with van der Waals surface area (Å²) in [5.74, 6) is 0.510. The molecule has 0 saturated carbocycles. The predicted molar refractivity (Wildman–Crippen MR) is 140 cm³/mol. The number of hydrogen-bond acceptors (Lipinski definition) is 5. The number of ether oxygens (including phenoxy) is 2. The van der Waals surface area contributed by atoms with Gasteiger partial charge in [-0.15, -0.1) is 0 Å². The van der Waals surface area contributed by atoms with Crippen LogP contribution in [-0.4, -0.2) is 22.6 Å². The second-order valence-electron chi connectivity index (χ2n) is 9.52. The topological polar surface area (TPSA) is 66.5 Å². The van der Waals surface area contributed by atoms with Crippen LogP contribution in [0.25, 0.3) is 22.0 Å². The van der Waals surface area contributed by atoms with Gasteiger partial charge < -0.3 is 18.5 Å². The molecule has 0 aliphatic rings. The fourth-order valence-corrected chi connectivity index (χ4v) is 4.56. The molecule has 0 bridgehead atoms. The lowest BCUT2D eigenvalue weighted by Crippen LogP contribution is -2.29. The van der Waals surface area contributed by atoms with Gasteiger partial charge in [-0.05, 0) is 67.9 Å². The molecule has 3 heterocycles. The SMILES string of the molecule is COC(=O)C(C)(C)Cc1cc2cc(OCc3ccc4occc4n3)ccc2n1Cc1ccc(Cl)cc1. The summed E-state index contributed by atoms with van der Waals surface area (Å²) < 4.78 is 18.7. The lowest BCUT2D eigenvalue weighted by molar-refractivity contribution is -0.150. The van der Waals surface area contributed by atoms with E-state index in [-0.39, 0.29) is 5.97 Å². The van der Waals surface area contributed by atoms with Crippen molar-refractivity contribution in [3.05, 3.63) is 95.0 Å². The van der Waals surface area contributed by atoms with Crippen molar-refractivity contribution in [2.24, 2.45) is 5.41 Å². The molecule has 36 heavy (non-hydrogen) atoms. The van der Waals surface area contributed by atoms with Crippen LogP contribution in [0.2, 0.25) is 5.02 Å². The molecule has 3 aromatic heterocycles. The summed E-state index contributed by atoms with van der Waals surface area (Å²) in [6.07, 6.45) is 2.16. The van der Waals surface area contributed by atoms with Crippen LogP contribution in [0, 0.1) is 5.41 Å². The van der Waals surface area contributed by atoms with E-state index in [1.165, 1.54) is 7.11 Å². The number of furan rings is 1. The predicted octanol–water partition coefficient (Wildman–Crippen LogP) is 6.80. The second kappa shape index (κ2) is 9.70. The van der Waals surface area contributed by atoms with Crippen LogP contribution in [0.4, 0.5) is 0 Å². The third-order valence-electron chi connectivity index (χ3n) is 6.32. The minimum atomic E-state index is -0.669. The number of benzene rings is 2. The van der Waals surface area contributed by atoms with Gasteiger partial charge >= 0.3 is 5.97 Å². The van der Waals surface area contributed by atoms with Gasteiger partial charge in [0.2, 0.25) is 0 Å². The lowest BCUT2D eigenvalue weighted by atomic mass is 9.88. The van der Waals surface area contributed by atoms with E-state index in [0.29, 0.717) is 24.6 Å². The zero-order chi connectivity index (χ0) is 25.3. The molecule has 0 N–H and O–H groups in total. The number of methoxy groups -OCH3 is 1. The molecule has 0 fully saturated rings. The highest BCUT2D eigenvalue weighted by Crippen LogP contribution is 2.31. The number of hydrogen-bond donors (Lipinski definition) is 0. The van der Waals surface area contributed by atoms with Gasteiger partial charge in [-0.1, -0.05) is 23.7 Å². The fourth-order valence-electron chi connectivity index (χ4n) is 4.44. The van der Waals surface area contributed by atoms with E-state index in [0.717, 1.165) is 44.7 Å². The Kier molecular flexibility index (Phi) is 6.46.